The molecule has 2 aromatic heterocycles. The molecule has 0 atom stereocenters. The van der Waals surface area contributed by atoms with Crippen LogP contribution in [-0.4, -0.2) is 39.0 Å². The molecule has 6 nitrogen and oxygen atoms in total. The van der Waals surface area contributed by atoms with Crippen LogP contribution in [0, 0.1) is 6.92 Å². The third kappa shape index (κ3) is 2.83. The van der Waals surface area contributed by atoms with Crippen LogP contribution in [0.15, 0.2) is 22.7 Å². The number of hydrogen-bond acceptors (Lipinski definition) is 4. The molecule has 6 heteroatoms. The second-order valence-corrected chi connectivity index (χ2v) is 7.80. The van der Waals surface area contributed by atoms with Gasteiger partial charge in [0.05, 0.1) is 11.0 Å². The molecule has 1 aliphatic heterocycles. The zero-order chi connectivity index (χ0) is 18.4. The van der Waals surface area contributed by atoms with Crippen molar-refractivity contribution < 1.29 is 9.32 Å². The SMILES string of the molecule is Cc1cccc2[nH]c(C3CCN(C(=O)c4noc5c4CCCC5)CC3)nc12. The normalized spacial score (nSPS) is 18.0. The molecule has 0 spiro atoms. The number of hydrogen-bond donors (Lipinski definition) is 1. The number of aryl methyl sites for hydroxylation is 2. The third-order valence-corrected chi connectivity index (χ3v) is 6.05. The first-order valence-electron chi connectivity index (χ1n) is 9.92. The molecule has 1 fully saturated rings. The Kier molecular flexibility index (Phi) is 3.99. The number of aromatic nitrogens is 3. The van der Waals surface area contributed by atoms with Gasteiger partial charge in [0, 0.05) is 31.0 Å². The predicted octanol–water partition coefficient (Wildman–Crippen LogP) is 3.76. The van der Waals surface area contributed by atoms with Crippen molar-refractivity contribution in [2.75, 3.05) is 13.1 Å². The van der Waals surface area contributed by atoms with Crippen molar-refractivity contribution in [1.29, 1.82) is 0 Å². The number of aromatic amines is 1. The number of amides is 1. The Morgan fingerprint density at radius 1 is 1.22 bits per heavy atom. The van der Waals surface area contributed by atoms with E-state index in [-0.39, 0.29) is 5.91 Å². The van der Waals surface area contributed by atoms with Crippen LogP contribution in [0.1, 0.15) is 64.8 Å². The molecule has 3 aromatic rings. The minimum atomic E-state index is 0.0285. The van der Waals surface area contributed by atoms with E-state index in [1.165, 1.54) is 5.56 Å². The largest absolute Gasteiger partial charge is 0.360 e. The van der Waals surface area contributed by atoms with E-state index < -0.39 is 0 Å². The molecule has 27 heavy (non-hydrogen) atoms. The van der Waals surface area contributed by atoms with Crippen molar-refractivity contribution >= 4 is 16.9 Å². The number of nitrogens with one attached hydrogen (secondary N) is 1. The maximum Gasteiger partial charge on any atom is 0.276 e. The van der Waals surface area contributed by atoms with E-state index in [1.807, 2.05) is 4.90 Å². The zero-order valence-electron chi connectivity index (χ0n) is 15.6. The summed E-state index contributed by atoms with van der Waals surface area (Å²) in [6.07, 6.45) is 5.90. The van der Waals surface area contributed by atoms with Crippen LogP contribution in [0.5, 0.6) is 0 Å². The molecule has 0 bridgehead atoms. The Bertz CT molecular complexity index is 995. The molecule has 0 radical (unpaired) electrons. The van der Waals surface area contributed by atoms with Gasteiger partial charge in [-0.05, 0) is 50.7 Å². The highest BCUT2D eigenvalue weighted by Gasteiger charge is 2.31. The lowest BCUT2D eigenvalue weighted by atomic mass is 9.94. The van der Waals surface area contributed by atoms with Gasteiger partial charge in [-0.15, -0.1) is 0 Å². The van der Waals surface area contributed by atoms with Crippen molar-refractivity contribution in [2.45, 2.75) is 51.4 Å². The standard InChI is InChI=1S/C21H24N4O2/c1-13-5-4-7-16-18(13)23-20(22-16)14-9-11-25(12-10-14)21(26)19-15-6-2-3-8-17(15)27-24-19/h4-5,7,14H,2-3,6,8-12H2,1H3,(H,22,23). The molecule has 5 rings (SSSR count). The number of nitrogens with zero attached hydrogens (tertiary/aromatic N) is 3. The van der Waals surface area contributed by atoms with E-state index in [1.54, 1.807) is 0 Å². The van der Waals surface area contributed by atoms with E-state index in [2.05, 4.69) is 35.3 Å². The van der Waals surface area contributed by atoms with E-state index >= 15 is 0 Å². The maximum absolute atomic E-state index is 12.9. The summed E-state index contributed by atoms with van der Waals surface area (Å²) in [6.45, 7) is 3.56. The maximum atomic E-state index is 12.9. The van der Waals surface area contributed by atoms with Crippen molar-refractivity contribution in [3.63, 3.8) is 0 Å². The number of fused-ring (bicyclic) bond motifs is 2. The summed E-state index contributed by atoms with van der Waals surface area (Å²) in [5, 5.41) is 4.10. The third-order valence-electron chi connectivity index (χ3n) is 6.05. The lowest BCUT2D eigenvalue weighted by molar-refractivity contribution is 0.0700. The van der Waals surface area contributed by atoms with Crippen molar-refractivity contribution in [1.82, 2.24) is 20.0 Å². The fourth-order valence-corrected chi connectivity index (χ4v) is 4.45. The summed E-state index contributed by atoms with van der Waals surface area (Å²) in [5.74, 6) is 2.36. The fraction of sp³-hybridized carbons (Fsp3) is 0.476. The number of carbonyl (C=O) groups is 1. The number of benzene rings is 1. The van der Waals surface area contributed by atoms with Crippen LogP contribution in [0.2, 0.25) is 0 Å². The lowest BCUT2D eigenvalue weighted by Crippen LogP contribution is -2.38. The first-order chi connectivity index (χ1) is 13.2. The molecule has 1 saturated heterocycles. The summed E-state index contributed by atoms with van der Waals surface area (Å²) in [5.41, 5.74) is 4.93. The Morgan fingerprint density at radius 2 is 2.04 bits per heavy atom. The number of carbonyl (C=O) groups excluding carboxylic acids is 1. The summed E-state index contributed by atoms with van der Waals surface area (Å²) < 4.78 is 5.42. The molecule has 140 valence electrons. The highest BCUT2D eigenvalue weighted by molar-refractivity contribution is 5.94. The van der Waals surface area contributed by atoms with Gasteiger partial charge in [-0.1, -0.05) is 17.3 Å². The van der Waals surface area contributed by atoms with Gasteiger partial charge in [0.15, 0.2) is 5.69 Å². The average molecular weight is 364 g/mol. The Morgan fingerprint density at radius 3 is 2.85 bits per heavy atom. The Hall–Kier alpha value is -2.63. The van der Waals surface area contributed by atoms with Gasteiger partial charge in [0.25, 0.3) is 5.91 Å². The molecular weight excluding hydrogens is 340 g/mol. The van der Waals surface area contributed by atoms with E-state index in [0.29, 0.717) is 11.6 Å². The molecule has 3 heterocycles. The first-order valence-corrected chi connectivity index (χ1v) is 9.92. The van der Waals surface area contributed by atoms with Gasteiger partial charge < -0.3 is 14.4 Å². The monoisotopic (exact) mass is 364 g/mol. The summed E-state index contributed by atoms with van der Waals surface area (Å²) in [6, 6.07) is 6.22. The number of rotatable bonds is 2. The minimum absolute atomic E-state index is 0.0285. The van der Waals surface area contributed by atoms with Gasteiger partial charge in [-0.2, -0.15) is 0 Å². The van der Waals surface area contributed by atoms with Gasteiger partial charge in [0.1, 0.15) is 11.6 Å². The molecule has 1 N–H and O–H groups in total. The number of imidazole rings is 1. The zero-order valence-corrected chi connectivity index (χ0v) is 15.6. The first kappa shape index (κ1) is 16.5. The topological polar surface area (TPSA) is 75.0 Å². The van der Waals surface area contributed by atoms with Crippen LogP contribution in [-0.2, 0) is 12.8 Å². The highest BCUT2D eigenvalue weighted by Crippen LogP contribution is 2.30. The Labute approximate surface area is 157 Å². The smallest absolute Gasteiger partial charge is 0.276 e. The quantitative estimate of drug-likeness (QED) is 0.751. The van der Waals surface area contributed by atoms with E-state index in [9.17, 15) is 4.79 Å². The molecule has 1 aromatic carbocycles. The van der Waals surface area contributed by atoms with Crippen LogP contribution < -0.4 is 0 Å². The molecule has 0 saturated carbocycles. The summed E-state index contributed by atoms with van der Waals surface area (Å²) >= 11 is 0. The summed E-state index contributed by atoms with van der Waals surface area (Å²) in [4.78, 5) is 23.2. The second kappa shape index (κ2) is 6.51. The minimum Gasteiger partial charge on any atom is -0.360 e. The molecule has 2 aliphatic rings. The molecular formula is C21H24N4O2. The van der Waals surface area contributed by atoms with E-state index in [0.717, 1.165) is 79.8 Å². The van der Waals surface area contributed by atoms with Crippen LogP contribution >= 0.6 is 0 Å². The predicted molar refractivity (Wildman–Crippen MR) is 102 cm³/mol. The molecule has 0 unspecified atom stereocenters. The lowest BCUT2D eigenvalue weighted by Gasteiger charge is -2.30. The van der Waals surface area contributed by atoms with E-state index in [4.69, 9.17) is 9.51 Å². The summed E-state index contributed by atoms with van der Waals surface area (Å²) in [7, 11) is 0. The number of piperidine rings is 1. The van der Waals surface area contributed by atoms with Crippen molar-refractivity contribution in [3.8, 4) is 0 Å². The Balaban J connectivity index is 1.30. The number of para-hydroxylation sites is 1. The van der Waals surface area contributed by atoms with Crippen LogP contribution in [0.3, 0.4) is 0 Å². The van der Waals surface area contributed by atoms with Gasteiger partial charge in [-0.3, -0.25) is 4.79 Å². The average Bonchev–Trinajstić information content (AvgIpc) is 3.33. The van der Waals surface area contributed by atoms with Crippen LogP contribution in [0.4, 0.5) is 0 Å². The second-order valence-electron chi connectivity index (χ2n) is 7.80. The van der Waals surface area contributed by atoms with Crippen molar-refractivity contribution in [3.05, 3.63) is 46.6 Å². The fourth-order valence-electron chi connectivity index (χ4n) is 4.45. The molecule has 1 aliphatic carbocycles. The molecule has 1 amide bonds. The van der Waals surface area contributed by atoms with Gasteiger partial charge >= 0.3 is 0 Å². The number of H-pyrrole nitrogens is 1. The van der Waals surface area contributed by atoms with Gasteiger partial charge in [0.2, 0.25) is 0 Å². The van der Waals surface area contributed by atoms with Crippen molar-refractivity contribution in [2.24, 2.45) is 0 Å². The van der Waals surface area contributed by atoms with Crippen LogP contribution in [0.25, 0.3) is 11.0 Å². The van der Waals surface area contributed by atoms with Gasteiger partial charge in [-0.25, -0.2) is 4.98 Å². The number of likely N-dealkylation sites (tertiary alicyclic amines) is 1. The highest BCUT2D eigenvalue weighted by atomic mass is 16.5.